The first kappa shape index (κ1) is 17.7. The van der Waals surface area contributed by atoms with Crippen LogP contribution in [0.2, 0.25) is 0 Å². The summed E-state index contributed by atoms with van der Waals surface area (Å²) < 4.78 is 15.3. The third kappa shape index (κ3) is 3.95. The van der Waals surface area contributed by atoms with Crippen LogP contribution in [0.1, 0.15) is 30.8 Å². The summed E-state index contributed by atoms with van der Waals surface area (Å²) in [5, 5.41) is 5.40. The maximum absolute atomic E-state index is 13.2. The number of hydrogen-bond acceptors (Lipinski definition) is 3. The molecule has 2 heterocycles. The first-order valence-corrected chi connectivity index (χ1v) is 9.39. The van der Waals surface area contributed by atoms with Gasteiger partial charge in [-0.15, -0.1) is 0 Å². The molecule has 0 saturated heterocycles. The van der Waals surface area contributed by atoms with Gasteiger partial charge in [0, 0.05) is 34.9 Å². The van der Waals surface area contributed by atoms with E-state index in [4.69, 9.17) is 0 Å². The number of hydrazone groups is 1. The van der Waals surface area contributed by atoms with Gasteiger partial charge < -0.3 is 4.57 Å². The number of benzene rings is 1. The molecule has 0 spiro atoms. The lowest BCUT2D eigenvalue weighted by molar-refractivity contribution is 0.627. The van der Waals surface area contributed by atoms with E-state index in [-0.39, 0.29) is 5.82 Å². The molecule has 2 aromatic rings. The molecule has 0 unspecified atom stereocenters. The predicted octanol–water partition coefficient (Wildman–Crippen LogP) is 4.29. The minimum atomic E-state index is -0.225. The van der Waals surface area contributed by atoms with Gasteiger partial charge in [0.05, 0.1) is 5.71 Å². The van der Waals surface area contributed by atoms with Gasteiger partial charge in [0.15, 0.2) is 5.17 Å². The highest BCUT2D eigenvalue weighted by Crippen LogP contribution is 2.24. The summed E-state index contributed by atoms with van der Waals surface area (Å²) in [5.74, 6) is 1.10. The van der Waals surface area contributed by atoms with Crippen molar-refractivity contribution in [2.45, 2.75) is 27.7 Å². The van der Waals surface area contributed by atoms with Gasteiger partial charge in [-0.3, -0.25) is 10.4 Å². The smallest absolute Gasteiger partial charge is 0.177 e. The number of amidine groups is 1. The number of hydrogen-bond donors (Lipinski definition) is 1. The lowest BCUT2D eigenvalue weighted by Gasteiger charge is -2.16. The molecule has 25 heavy (non-hydrogen) atoms. The van der Waals surface area contributed by atoms with Gasteiger partial charge in [0.1, 0.15) is 5.82 Å². The molecule has 1 aliphatic heterocycles. The summed E-state index contributed by atoms with van der Waals surface area (Å²) in [6.45, 7) is 9.23. The lowest BCUT2D eigenvalue weighted by Crippen LogP contribution is -2.26. The molecule has 0 bridgehead atoms. The zero-order valence-corrected chi connectivity index (χ0v) is 15.8. The molecule has 0 radical (unpaired) electrons. The molecule has 0 amide bonds. The van der Waals surface area contributed by atoms with Crippen molar-refractivity contribution in [1.82, 2.24) is 9.99 Å². The SMILES string of the molecule is Cc1cc(C2=NNC(=NCC(C)C)SC2)c(C)n1-c1ccc(F)cc1. The summed E-state index contributed by atoms with van der Waals surface area (Å²) in [4.78, 5) is 4.53. The molecular formula is C19H23FN4S. The van der Waals surface area contributed by atoms with Gasteiger partial charge in [-0.05, 0) is 50.1 Å². The summed E-state index contributed by atoms with van der Waals surface area (Å²) >= 11 is 1.68. The van der Waals surface area contributed by atoms with E-state index in [0.29, 0.717) is 5.92 Å². The number of nitrogens with one attached hydrogen (secondary N) is 1. The van der Waals surface area contributed by atoms with Crippen LogP contribution in [-0.4, -0.2) is 27.7 Å². The lowest BCUT2D eigenvalue weighted by atomic mass is 10.1. The molecule has 1 aromatic carbocycles. The van der Waals surface area contributed by atoms with Crippen molar-refractivity contribution in [2.24, 2.45) is 16.0 Å². The van der Waals surface area contributed by atoms with Gasteiger partial charge >= 0.3 is 0 Å². The molecule has 0 fully saturated rings. The van der Waals surface area contributed by atoms with Gasteiger partial charge in [-0.1, -0.05) is 25.6 Å². The van der Waals surface area contributed by atoms with Crippen LogP contribution in [0.15, 0.2) is 40.4 Å². The van der Waals surface area contributed by atoms with Crippen LogP contribution in [0.25, 0.3) is 5.69 Å². The van der Waals surface area contributed by atoms with Crippen molar-refractivity contribution < 1.29 is 4.39 Å². The van der Waals surface area contributed by atoms with Gasteiger partial charge in [0.2, 0.25) is 0 Å². The summed E-state index contributed by atoms with van der Waals surface area (Å²) in [5.41, 5.74) is 8.36. The van der Waals surface area contributed by atoms with Crippen molar-refractivity contribution in [3.63, 3.8) is 0 Å². The van der Waals surface area contributed by atoms with Crippen LogP contribution in [0.3, 0.4) is 0 Å². The van der Waals surface area contributed by atoms with Crippen LogP contribution >= 0.6 is 11.8 Å². The quantitative estimate of drug-likeness (QED) is 0.886. The van der Waals surface area contributed by atoms with Crippen molar-refractivity contribution in [1.29, 1.82) is 0 Å². The zero-order chi connectivity index (χ0) is 18.0. The Bertz CT molecular complexity index is 819. The highest BCUT2D eigenvalue weighted by Gasteiger charge is 2.19. The van der Waals surface area contributed by atoms with Crippen LogP contribution in [-0.2, 0) is 0 Å². The minimum Gasteiger partial charge on any atom is -0.318 e. The van der Waals surface area contributed by atoms with E-state index in [0.717, 1.165) is 45.8 Å². The van der Waals surface area contributed by atoms with Crippen LogP contribution in [0.4, 0.5) is 4.39 Å². The van der Waals surface area contributed by atoms with E-state index in [1.807, 2.05) is 0 Å². The number of aryl methyl sites for hydroxylation is 1. The fraction of sp³-hybridized carbons (Fsp3) is 0.368. The number of rotatable bonds is 4. The van der Waals surface area contributed by atoms with Gasteiger partial charge in [-0.25, -0.2) is 4.39 Å². The predicted molar refractivity (Wildman–Crippen MR) is 104 cm³/mol. The Labute approximate surface area is 152 Å². The molecule has 1 aromatic heterocycles. The van der Waals surface area contributed by atoms with E-state index in [9.17, 15) is 4.39 Å². The number of thioether (sulfide) groups is 1. The number of aliphatic imine (C=N–C) groups is 1. The van der Waals surface area contributed by atoms with E-state index < -0.39 is 0 Å². The molecule has 0 aliphatic carbocycles. The van der Waals surface area contributed by atoms with Crippen molar-refractivity contribution in [3.05, 3.63) is 53.1 Å². The number of aromatic nitrogens is 1. The molecule has 6 heteroatoms. The second-order valence-electron chi connectivity index (χ2n) is 6.60. The topological polar surface area (TPSA) is 41.7 Å². The number of nitrogens with zero attached hydrogens (tertiary/aromatic N) is 3. The Balaban J connectivity index is 1.86. The molecule has 0 saturated carbocycles. The third-order valence-electron chi connectivity index (χ3n) is 4.06. The average molecular weight is 358 g/mol. The first-order chi connectivity index (χ1) is 12.0. The average Bonchev–Trinajstić information content (AvgIpc) is 2.89. The first-order valence-electron chi connectivity index (χ1n) is 8.40. The highest BCUT2D eigenvalue weighted by molar-refractivity contribution is 8.14. The molecule has 3 rings (SSSR count). The fourth-order valence-electron chi connectivity index (χ4n) is 2.84. The zero-order valence-electron chi connectivity index (χ0n) is 15.0. The highest BCUT2D eigenvalue weighted by atomic mass is 32.2. The molecule has 1 aliphatic rings. The standard InChI is InChI=1S/C19H23FN4S/c1-12(2)10-21-19-23-22-18(11-25-19)17-9-13(3)24(14(17)4)16-7-5-15(20)6-8-16/h5-9,12H,10-11H2,1-4H3,(H,21,23). The summed E-state index contributed by atoms with van der Waals surface area (Å²) in [6.07, 6.45) is 0. The fourth-order valence-corrected chi connectivity index (χ4v) is 3.61. The Hall–Kier alpha value is -2.08. The molecule has 4 nitrogen and oxygen atoms in total. The second kappa shape index (κ2) is 7.44. The Morgan fingerprint density at radius 2 is 2.00 bits per heavy atom. The molecule has 132 valence electrons. The molecule has 1 N–H and O–H groups in total. The Morgan fingerprint density at radius 3 is 2.60 bits per heavy atom. The minimum absolute atomic E-state index is 0.225. The van der Waals surface area contributed by atoms with E-state index >= 15 is 0 Å². The third-order valence-corrected chi connectivity index (χ3v) is 4.97. The largest absolute Gasteiger partial charge is 0.318 e. The van der Waals surface area contributed by atoms with Crippen LogP contribution in [0.5, 0.6) is 0 Å². The molecular weight excluding hydrogens is 335 g/mol. The summed E-state index contributed by atoms with van der Waals surface area (Å²) in [6, 6.07) is 8.70. The Kier molecular flexibility index (Phi) is 5.27. The van der Waals surface area contributed by atoms with E-state index in [1.54, 1.807) is 23.9 Å². The molecule has 0 atom stereocenters. The second-order valence-corrected chi connectivity index (χ2v) is 7.56. The maximum atomic E-state index is 13.2. The Morgan fingerprint density at radius 1 is 1.28 bits per heavy atom. The monoisotopic (exact) mass is 358 g/mol. The van der Waals surface area contributed by atoms with Crippen LogP contribution in [0, 0.1) is 25.6 Å². The van der Waals surface area contributed by atoms with Crippen molar-refractivity contribution in [3.8, 4) is 5.69 Å². The van der Waals surface area contributed by atoms with E-state index in [1.165, 1.54) is 12.1 Å². The maximum Gasteiger partial charge on any atom is 0.177 e. The van der Waals surface area contributed by atoms with E-state index in [2.05, 4.69) is 53.8 Å². The summed E-state index contributed by atoms with van der Waals surface area (Å²) in [7, 11) is 0. The normalized spacial score (nSPS) is 16.2. The van der Waals surface area contributed by atoms with Gasteiger partial charge in [-0.2, -0.15) is 5.10 Å². The van der Waals surface area contributed by atoms with Crippen molar-refractivity contribution >= 4 is 22.6 Å². The van der Waals surface area contributed by atoms with Crippen molar-refractivity contribution in [2.75, 3.05) is 12.3 Å². The van der Waals surface area contributed by atoms with Gasteiger partial charge in [0.25, 0.3) is 0 Å². The number of halogens is 1. The van der Waals surface area contributed by atoms with Crippen LogP contribution < -0.4 is 5.43 Å².